The number of sulfonamides is 1. The van der Waals surface area contributed by atoms with E-state index >= 15 is 0 Å². The minimum Gasteiger partial charge on any atom is -0.494 e. The number of amides is 1. The number of aromatic nitrogens is 1. The fourth-order valence-electron chi connectivity index (χ4n) is 5.53. The molecule has 1 fully saturated rings. The Morgan fingerprint density at radius 2 is 1.77 bits per heavy atom. The topological polar surface area (TPSA) is 95.1 Å². The molecule has 1 saturated heterocycles. The number of thiazole rings is 1. The summed E-state index contributed by atoms with van der Waals surface area (Å²) in [5, 5.41) is 4.01. The van der Waals surface area contributed by atoms with Crippen molar-refractivity contribution in [1.29, 1.82) is 0 Å². The summed E-state index contributed by atoms with van der Waals surface area (Å²) in [6, 6.07) is 19.9. The number of aryl methyl sites for hydroxylation is 1. The number of nitrogens with zero attached hydrogens (tertiary/aromatic N) is 4. The lowest BCUT2D eigenvalue weighted by Crippen LogP contribution is -2.48. The predicted molar refractivity (Wildman–Crippen MR) is 175 cm³/mol. The van der Waals surface area contributed by atoms with E-state index < -0.39 is 10.0 Å². The van der Waals surface area contributed by atoms with Gasteiger partial charge < -0.3 is 15.0 Å². The summed E-state index contributed by atoms with van der Waals surface area (Å²) < 4.78 is 35.0. The maximum atomic E-state index is 13.4. The molecule has 0 aliphatic carbocycles. The normalized spacial score (nSPS) is 15.6. The highest BCUT2D eigenvalue weighted by atomic mass is 35.5. The van der Waals surface area contributed by atoms with E-state index in [0.29, 0.717) is 25.3 Å². The first-order valence-corrected chi connectivity index (χ1v) is 16.7. The monoisotopic (exact) mass is 641 g/mol. The molecule has 0 radical (unpaired) electrons. The predicted octanol–water partition coefficient (Wildman–Crippen LogP) is 4.81. The lowest BCUT2D eigenvalue weighted by Gasteiger charge is -2.34. The van der Waals surface area contributed by atoms with E-state index in [4.69, 9.17) is 9.72 Å². The van der Waals surface area contributed by atoms with E-state index in [9.17, 15) is 13.2 Å². The van der Waals surface area contributed by atoms with Crippen molar-refractivity contribution in [2.45, 2.75) is 24.7 Å². The Kier molecular flexibility index (Phi) is 9.75. The SMILES string of the molecule is CCOc1ccc2nc(N3CCN(CCNC(=O)c4ccc(S(=O)(=O)N5CCCc6ccccc65)cc4)CC3)sc2c1.Cl. The zero-order chi connectivity index (χ0) is 29.1. The van der Waals surface area contributed by atoms with Crippen LogP contribution < -0.4 is 19.3 Å². The van der Waals surface area contributed by atoms with E-state index in [1.165, 1.54) is 16.4 Å². The van der Waals surface area contributed by atoms with Gasteiger partial charge in [-0.05, 0) is 73.9 Å². The lowest BCUT2D eigenvalue weighted by atomic mass is 10.0. The number of benzene rings is 3. The van der Waals surface area contributed by atoms with Crippen molar-refractivity contribution in [2.75, 3.05) is 61.6 Å². The van der Waals surface area contributed by atoms with Crippen LogP contribution >= 0.6 is 23.7 Å². The van der Waals surface area contributed by atoms with Crippen molar-refractivity contribution in [3.63, 3.8) is 0 Å². The van der Waals surface area contributed by atoms with Gasteiger partial charge in [0.1, 0.15) is 5.75 Å². The number of hydrogen-bond donors (Lipinski definition) is 1. The number of ether oxygens (including phenoxy) is 1. The number of hydrogen-bond acceptors (Lipinski definition) is 8. The van der Waals surface area contributed by atoms with E-state index in [1.54, 1.807) is 23.5 Å². The molecule has 43 heavy (non-hydrogen) atoms. The zero-order valence-electron chi connectivity index (χ0n) is 24.1. The van der Waals surface area contributed by atoms with Gasteiger partial charge in [0.25, 0.3) is 15.9 Å². The van der Waals surface area contributed by atoms with Gasteiger partial charge in [-0.25, -0.2) is 13.4 Å². The minimum absolute atomic E-state index is 0. The van der Waals surface area contributed by atoms with Crippen LogP contribution in [0.5, 0.6) is 5.75 Å². The number of fused-ring (bicyclic) bond motifs is 2. The molecule has 4 aromatic rings. The number of carbonyl (C=O) groups is 1. The van der Waals surface area contributed by atoms with Crippen LogP contribution in [0.2, 0.25) is 0 Å². The zero-order valence-corrected chi connectivity index (χ0v) is 26.5. The van der Waals surface area contributed by atoms with Gasteiger partial charge in [0.2, 0.25) is 0 Å². The van der Waals surface area contributed by atoms with Gasteiger partial charge in [0.05, 0.1) is 27.4 Å². The first kappa shape index (κ1) is 31.1. The minimum atomic E-state index is -3.70. The van der Waals surface area contributed by atoms with Crippen molar-refractivity contribution in [2.24, 2.45) is 0 Å². The summed E-state index contributed by atoms with van der Waals surface area (Å²) in [6.07, 6.45) is 1.65. The molecule has 1 N–H and O–H groups in total. The number of carbonyl (C=O) groups excluding carboxylic acids is 1. The fraction of sp³-hybridized carbons (Fsp3) is 0.355. The average Bonchev–Trinajstić information content (AvgIpc) is 3.45. The number of piperazine rings is 1. The number of anilines is 2. The number of nitrogens with one attached hydrogen (secondary N) is 1. The highest BCUT2D eigenvalue weighted by Gasteiger charge is 2.29. The second-order valence-corrected chi connectivity index (χ2v) is 13.3. The largest absolute Gasteiger partial charge is 0.494 e. The molecule has 9 nitrogen and oxygen atoms in total. The first-order chi connectivity index (χ1) is 20.4. The molecule has 0 atom stereocenters. The third kappa shape index (κ3) is 6.75. The Morgan fingerprint density at radius 3 is 2.53 bits per heavy atom. The van der Waals surface area contributed by atoms with E-state index in [1.807, 2.05) is 43.3 Å². The van der Waals surface area contributed by atoms with Gasteiger partial charge in [-0.1, -0.05) is 29.5 Å². The van der Waals surface area contributed by atoms with Crippen LogP contribution in [0.1, 0.15) is 29.3 Å². The van der Waals surface area contributed by atoms with E-state index in [2.05, 4.69) is 21.2 Å². The van der Waals surface area contributed by atoms with Crippen LogP contribution in [-0.2, 0) is 16.4 Å². The molecule has 12 heteroatoms. The smallest absolute Gasteiger partial charge is 0.264 e. The summed E-state index contributed by atoms with van der Waals surface area (Å²) in [5.74, 6) is 0.665. The number of para-hydroxylation sites is 1. The van der Waals surface area contributed by atoms with Crippen LogP contribution in [-0.4, -0.2) is 76.6 Å². The van der Waals surface area contributed by atoms with Crippen LogP contribution in [0.15, 0.2) is 71.6 Å². The molecule has 0 spiro atoms. The number of rotatable bonds is 9. The molecular formula is C31H36ClN5O4S2. The van der Waals surface area contributed by atoms with Crippen LogP contribution in [0, 0.1) is 0 Å². The van der Waals surface area contributed by atoms with Gasteiger partial charge >= 0.3 is 0 Å². The summed E-state index contributed by atoms with van der Waals surface area (Å²) in [4.78, 5) is 22.4. The molecule has 2 aliphatic rings. The van der Waals surface area contributed by atoms with Crippen LogP contribution in [0.3, 0.4) is 0 Å². The second-order valence-electron chi connectivity index (χ2n) is 10.5. The van der Waals surface area contributed by atoms with Gasteiger partial charge in [-0.15, -0.1) is 12.4 Å². The first-order valence-electron chi connectivity index (χ1n) is 14.4. The third-order valence-electron chi connectivity index (χ3n) is 7.79. The van der Waals surface area contributed by atoms with Gasteiger partial charge in [0, 0.05) is 51.4 Å². The molecule has 0 saturated carbocycles. The van der Waals surface area contributed by atoms with Crippen molar-refractivity contribution in [1.82, 2.24) is 15.2 Å². The second kappa shape index (κ2) is 13.5. The van der Waals surface area contributed by atoms with Gasteiger partial charge in [0.15, 0.2) is 5.13 Å². The average molecular weight is 642 g/mol. The van der Waals surface area contributed by atoms with Crippen molar-refractivity contribution in [3.05, 3.63) is 77.9 Å². The number of halogens is 1. The Labute approximate surface area is 262 Å². The molecule has 228 valence electrons. The molecule has 1 amide bonds. The molecule has 1 aromatic heterocycles. The van der Waals surface area contributed by atoms with Gasteiger partial charge in [-0.2, -0.15) is 0 Å². The standard InChI is InChI=1S/C31H35N5O4S2.ClH/c1-2-40-25-11-14-27-29(22-25)41-31(33-27)35-20-18-34(19-21-35)17-15-32-30(37)24-9-12-26(13-10-24)42(38,39)36-16-5-7-23-6-3-4-8-28(23)36;/h3-4,6,8-14,22H,2,5,7,15-21H2,1H3,(H,32,37);1H. The van der Waals surface area contributed by atoms with Crippen LogP contribution in [0.4, 0.5) is 10.8 Å². The fourth-order valence-corrected chi connectivity index (χ4v) is 8.12. The molecule has 0 unspecified atom stereocenters. The van der Waals surface area contributed by atoms with E-state index in [-0.39, 0.29) is 23.2 Å². The van der Waals surface area contributed by atoms with Crippen molar-refractivity contribution in [3.8, 4) is 5.75 Å². The molecule has 3 aromatic carbocycles. The Hall–Kier alpha value is -3.38. The highest BCUT2D eigenvalue weighted by Crippen LogP contribution is 2.33. The van der Waals surface area contributed by atoms with Crippen molar-refractivity contribution >= 4 is 60.7 Å². The van der Waals surface area contributed by atoms with Gasteiger partial charge in [-0.3, -0.25) is 14.0 Å². The molecule has 3 heterocycles. The highest BCUT2D eigenvalue weighted by molar-refractivity contribution is 7.92. The Balaban J connectivity index is 0.00000368. The maximum absolute atomic E-state index is 13.4. The van der Waals surface area contributed by atoms with E-state index in [0.717, 1.165) is 77.9 Å². The van der Waals surface area contributed by atoms with Crippen LogP contribution in [0.25, 0.3) is 10.2 Å². The molecule has 6 rings (SSSR count). The summed E-state index contributed by atoms with van der Waals surface area (Å²) >= 11 is 1.69. The Morgan fingerprint density at radius 1 is 1.00 bits per heavy atom. The third-order valence-corrected chi connectivity index (χ3v) is 10.7. The lowest BCUT2D eigenvalue weighted by molar-refractivity contribution is 0.0947. The van der Waals surface area contributed by atoms with Crippen molar-refractivity contribution < 1.29 is 17.9 Å². The quantitative estimate of drug-likeness (QED) is 0.280. The molecule has 0 bridgehead atoms. The summed E-state index contributed by atoms with van der Waals surface area (Å²) in [5.41, 5.74) is 3.22. The maximum Gasteiger partial charge on any atom is 0.264 e. The Bertz CT molecular complexity index is 1670. The summed E-state index contributed by atoms with van der Waals surface area (Å²) in [6.45, 7) is 7.88. The molecular weight excluding hydrogens is 606 g/mol. The molecule has 2 aliphatic heterocycles. The summed E-state index contributed by atoms with van der Waals surface area (Å²) in [7, 11) is -3.70.